The fraction of sp³-hybridized carbons (Fsp3) is 0. The zero-order valence-electron chi connectivity index (χ0n) is 11.3. The van der Waals surface area contributed by atoms with Gasteiger partial charge in [-0.05, 0) is 52.9 Å². The zero-order chi connectivity index (χ0) is 17.0. The van der Waals surface area contributed by atoms with Crippen LogP contribution in [0, 0.1) is 20.7 Å². The Labute approximate surface area is 153 Å². The van der Waals surface area contributed by atoms with Crippen molar-refractivity contribution in [2.45, 2.75) is 0 Å². The number of aromatic hydroxyl groups is 1. The van der Waals surface area contributed by atoms with Crippen molar-refractivity contribution in [1.82, 2.24) is 5.43 Å². The molecule has 23 heavy (non-hydrogen) atoms. The predicted molar refractivity (Wildman–Crippen MR) is 94.7 cm³/mol. The zero-order valence-corrected chi connectivity index (χ0v) is 15.1. The number of hydrogen-bond donors (Lipinski definition) is 2. The fourth-order valence-corrected chi connectivity index (χ4v) is 3.22. The van der Waals surface area contributed by atoms with Crippen LogP contribution in [0.15, 0.2) is 39.9 Å². The van der Waals surface area contributed by atoms with Gasteiger partial charge in [-0.25, -0.2) is 9.82 Å². The summed E-state index contributed by atoms with van der Waals surface area (Å²) in [5.74, 6) is -1.54. The third kappa shape index (κ3) is 4.27. The smallest absolute Gasteiger partial charge is 0.274 e. The van der Waals surface area contributed by atoms with Crippen LogP contribution in [0.5, 0.6) is 5.75 Å². The van der Waals surface area contributed by atoms with Gasteiger partial charge in [-0.1, -0.05) is 15.9 Å². The average Bonchev–Trinajstić information content (AvgIpc) is 2.51. The van der Waals surface area contributed by atoms with E-state index in [1.807, 2.05) is 22.6 Å². The molecule has 8 heteroatoms. The molecule has 2 N–H and O–H groups in total. The Morgan fingerprint density at radius 3 is 2.83 bits per heavy atom. The molecule has 0 radical (unpaired) electrons. The van der Waals surface area contributed by atoms with Gasteiger partial charge in [0.15, 0.2) is 0 Å². The van der Waals surface area contributed by atoms with E-state index in [-0.39, 0.29) is 16.9 Å². The second-order valence-electron chi connectivity index (χ2n) is 4.33. The largest absolute Gasteiger partial charge is 0.506 e. The Hall–Kier alpha value is -1.99. The molecule has 2 aromatic rings. The number of halogens is 3. The first kappa shape index (κ1) is 17.4. The molecule has 2 aromatic carbocycles. The minimum Gasteiger partial charge on any atom is -0.506 e. The summed E-state index contributed by atoms with van der Waals surface area (Å²) in [4.78, 5) is 11.9. The highest BCUT2D eigenvalue weighted by Crippen LogP contribution is 2.27. The molecular formula is C15H8BrFIN3O2. The first-order chi connectivity index (χ1) is 10.9. The fourth-order valence-electron chi connectivity index (χ4n) is 1.67. The number of amides is 1. The molecule has 0 fully saturated rings. The second kappa shape index (κ2) is 7.52. The van der Waals surface area contributed by atoms with Crippen molar-refractivity contribution in [1.29, 1.82) is 5.26 Å². The van der Waals surface area contributed by atoms with Gasteiger partial charge in [-0.2, -0.15) is 10.4 Å². The van der Waals surface area contributed by atoms with Gasteiger partial charge in [0, 0.05) is 10.0 Å². The molecular weight excluding hydrogens is 480 g/mol. The van der Waals surface area contributed by atoms with Crippen LogP contribution in [-0.2, 0) is 0 Å². The van der Waals surface area contributed by atoms with Crippen molar-refractivity contribution in [2.75, 3.05) is 0 Å². The number of carbonyl (C=O) groups is 1. The van der Waals surface area contributed by atoms with Crippen LogP contribution in [0.4, 0.5) is 4.39 Å². The number of nitriles is 1. The van der Waals surface area contributed by atoms with Crippen LogP contribution in [0.2, 0.25) is 0 Å². The van der Waals surface area contributed by atoms with Gasteiger partial charge in [-0.3, -0.25) is 4.79 Å². The van der Waals surface area contributed by atoms with Crippen LogP contribution in [-0.4, -0.2) is 17.2 Å². The Balaban J connectivity index is 2.15. The summed E-state index contributed by atoms with van der Waals surface area (Å²) >= 11 is 5.24. The van der Waals surface area contributed by atoms with Crippen molar-refractivity contribution in [3.8, 4) is 11.8 Å². The first-order valence-corrected chi connectivity index (χ1v) is 8.00. The highest BCUT2D eigenvalue weighted by molar-refractivity contribution is 14.1. The van der Waals surface area contributed by atoms with Crippen molar-refractivity contribution >= 4 is 50.6 Å². The molecule has 5 nitrogen and oxygen atoms in total. The maximum absolute atomic E-state index is 13.7. The number of rotatable bonds is 3. The van der Waals surface area contributed by atoms with Gasteiger partial charge < -0.3 is 5.11 Å². The summed E-state index contributed by atoms with van der Waals surface area (Å²) in [6, 6.07) is 8.64. The number of hydrogen-bond acceptors (Lipinski definition) is 4. The van der Waals surface area contributed by atoms with Crippen LogP contribution in [0.3, 0.4) is 0 Å². The van der Waals surface area contributed by atoms with Crippen LogP contribution >= 0.6 is 38.5 Å². The van der Waals surface area contributed by atoms with Crippen molar-refractivity contribution in [3.63, 3.8) is 0 Å². The van der Waals surface area contributed by atoms with Crippen LogP contribution in [0.25, 0.3) is 0 Å². The molecule has 0 spiro atoms. The van der Waals surface area contributed by atoms with Gasteiger partial charge in [0.1, 0.15) is 11.6 Å². The summed E-state index contributed by atoms with van der Waals surface area (Å²) in [7, 11) is 0. The van der Waals surface area contributed by atoms with Crippen molar-refractivity contribution < 1.29 is 14.3 Å². The quantitative estimate of drug-likeness (QED) is 0.394. The monoisotopic (exact) mass is 487 g/mol. The SMILES string of the molecule is N#Cc1ccc(C(=O)N/N=C/c2cc(Br)cc(I)c2O)c(F)c1. The molecule has 2 rings (SSSR count). The molecule has 0 aromatic heterocycles. The van der Waals surface area contributed by atoms with E-state index in [4.69, 9.17) is 5.26 Å². The number of phenolic OH excluding ortho intramolecular Hbond substituents is 1. The molecule has 1 amide bonds. The summed E-state index contributed by atoms with van der Waals surface area (Å²) in [5.41, 5.74) is 2.46. The Morgan fingerprint density at radius 1 is 1.43 bits per heavy atom. The number of phenols is 1. The van der Waals surface area contributed by atoms with E-state index in [1.54, 1.807) is 18.2 Å². The summed E-state index contributed by atoms with van der Waals surface area (Å²) in [6.45, 7) is 0. The van der Waals surface area contributed by atoms with Crippen molar-refractivity contribution in [3.05, 3.63) is 60.9 Å². The van der Waals surface area contributed by atoms with Crippen LogP contribution in [0.1, 0.15) is 21.5 Å². The maximum atomic E-state index is 13.7. The predicted octanol–water partition coefficient (Wildman–Crippen LogP) is 3.53. The third-order valence-electron chi connectivity index (χ3n) is 2.77. The van der Waals surface area contributed by atoms with E-state index in [1.165, 1.54) is 18.3 Å². The van der Waals surface area contributed by atoms with Gasteiger partial charge in [-0.15, -0.1) is 0 Å². The van der Waals surface area contributed by atoms with Gasteiger partial charge >= 0.3 is 0 Å². The molecule has 0 heterocycles. The molecule has 0 aliphatic rings. The number of benzene rings is 2. The number of nitrogens with zero attached hydrogens (tertiary/aromatic N) is 2. The molecule has 0 unspecified atom stereocenters. The molecule has 0 aliphatic carbocycles. The molecule has 0 bridgehead atoms. The lowest BCUT2D eigenvalue weighted by Gasteiger charge is -2.04. The van der Waals surface area contributed by atoms with Crippen molar-refractivity contribution in [2.24, 2.45) is 5.10 Å². The normalized spacial score (nSPS) is 10.5. The summed E-state index contributed by atoms with van der Waals surface area (Å²) < 4.78 is 15.1. The summed E-state index contributed by atoms with van der Waals surface area (Å²) in [5, 5.41) is 22.2. The first-order valence-electron chi connectivity index (χ1n) is 6.13. The second-order valence-corrected chi connectivity index (χ2v) is 6.41. The highest BCUT2D eigenvalue weighted by atomic mass is 127. The number of hydrazone groups is 1. The highest BCUT2D eigenvalue weighted by Gasteiger charge is 2.11. The lowest BCUT2D eigenvalue weighted by Crippen LogP contribution is -2.19. The third-order valence-corrected chi connectivity index (χ3v) is 4.05. The Morgan fingerprint density at radius 2 is 2.17 bits per heavy atom. The lowest BCUT2D eigenvalue weighted by atomic mass is 10.1. The minimum absolute atomic E-state index is 0.0244. The average molecular weight is 488 g/mol. The van der Waals surface area contributed by atoms with E-state index >= 15 is 0 Å². The number of carbonyl (C=O) groups excluding carboxylic acids is 1. The maximum Gasteiger partial charge on any atom is 0.274 e. The molecule has 0 aliphatic heterocycles. The Kier molecular flexibility index (Phi) is 5.68. The number of nitrogens with one attached hydrogen (secondary N) is 1. The molecule has 0 saturated heterocycles. The molecule has 0 atom stereocenters. The molecule has 116 valence electrons. The van der Waals surface area contributed by atoms with E-state index in [0.717, 1.165) is 10.5 Å². The standard InChI is InChI=1S/C15H8BrFIN3O2/c16-10-4-9(14(22)13(18)5-10)7-20-21-15(23)11-2-1-8(6-19)3-12(11)17/h1-5,7,22H,(H,21,23)/b20-7+. The van der Waals surface area contributed by atoms with E-state index in [2.05, 4.69) is 26.5 Å². The van der Waals surface area contributed by atoms with Crippen LogP contribution < -0.4 is 5.43 Å². The lowest BCUT2D eigenvalue weighted by molar-refractivity contribution is 0.0951. The molecule has 0 saturated carbocycles. The Bertz CT molecular complexity index is 849. The topological polar surface area (TPSA) is 85.5 Å². The van der Waals surface area contributed by atoms with Gasteiger partial charge in [0.25, 0.3) is 5.91 Å². The van der Waals surface area contributed by atoms with E-state index in [0.29, 0.717) is 9.13 Å². The van der Waals surface area contributed by atoms with Gasteiger partial charge in [0.2, 0.25) is 0 Å². The van der Waals surface area contributed by atoms with E-state index < -0.39 is 11.7 Å². The van der Waals surface area contributed by atoms with Gasteiger partial charge in [0.05, 0.1) is 27.0 Å². The summed E-state index contributed by atoms with van der Waals surface area (Å²) in [6.07, 6.45) is 1.25. The van der Waals surface area contributed by atoms with E-state index in [9.17, 15) is 14.3 Å². The minimum atomic E-state index is -0.809.